The number of amides is 1. The molecule has 0 saturated heterocycles. The van der Waals surface area contributed by atoms with Gasteiger partial charge in [0, 0.05) is 6.54 Å². The van der Waals surface area contributed by atoms with Gasteiger partial charge in [-0.1, -0.05) is 60.8 Å². The molecule has 0 spiro atoms. The maximum Gasteiger partial charge on any atom is 0.264 e. The zero-order valence-electron chi connectivity index (χ0n) is 16.1. The van der Waals surface area contributed by atoms with E-state index in [1.165, 1.54) is 18.2 Å². The number of halogens is 2. The van der Waals surface area contributed by atoms with Crippen molar-refractivity contribution in [2.24, 2.45) is 5.92 Å². The average molecular weight is 443 g/mol. The third kappa shape index (κ3) is 5.63. The van der Waals surface area contributed by atoms with E-state index in [-0.39, 0.29) is 20.6 Å². The lowest BCUT2D eigenvalue weighted by Crippen LogP contribution is -2.41. The molecule has 0 aliphatic rings. The number of hydrogen-bond donors (Lipinski definition) is 1. The van der Waals surface area contributed by atoms with E-state index >= 15 is 0 Å². The maximum atomic E-state index is 13.3. The fourth-order valence-corrected chi connectivity index (χ4v) is 4.39. The van der Waals surface area contributed by atoms with Crippen LogP contribution in [0.5, 0.6) is 0 Å². The van der Waals surface area contributed by atoms with Crippen LogP contribution in [0.3, 0.4) is 0 Å². The number of rotatable bonds is 8. The van der Waals surface area contributed by atoms with Crippen molar-refractivity contribution in [3.05, 3.63) is 58.1 Å². The van der Waals surface area contributed by atoms with E-state index in [1.54, 1.807) is 24.3 Å². The van der Waals surface area contributed by atoms with Gasteiger partial charge in [-0.3, -0.25) is 9.10 Å². The monoisotopic (exact) mass is 442 g/mol. The Hall–Kier alpha value is -1.76. The van der Waals surface area contributed by atoms with Gasteiger partial charge in [-0.15, -0.1) is 0 Å². The van der Waals surface area contributed by atoms with Crippen molar-refractivity contribution < 1.29 is 13.2 Å². The normalized spacial score (nSPS) is 11.5. The van der Waals surface area contributed by atoms with Crippen LogP contribution in [0, 0.1) is 12.8 Å². The quantitative estimate of drug-likeness (QED) is 0.646. The molecule has 0 saturated carbocycles. The van der Waals surface area contributed by atoms with Gasteiger partial charge in [-0.25, -0.2) is 8.42 Å². The molecule has 0 atom stereocenters. The fourth-order valence-electron chi connectivity index (χ4n) is 2.51. The first-order valence-electron chi connectivity index (χ1n) is 8.93. The number of anilines is 1. The second-order valence-corrected chi connectivity index (χ2v) is 9.58. The minimum atomic E-state index is -4.02. The summed E-state index contributed by atoms with van der Waals surface area (Å²) in [7, 11) is -4.02. The van der Waals surface area contributed by atoms with E-state index in [1.807, 2.05) is 20.8 Å². The maximum absolute atomic E-state index is 13.3. The number of nitrogens with one attached hydrogen (secondary N) is 1. The molecule has 28 heavy (non-hydrogen) atoms. The standard InChI is InChI=1S/C20H24Cl2N2O3S/c1-14(2)11-12-23-19(25)13-24(18-6-4-5-17(21)20(18)22)28(26,27)16-9-7-15(3)8-10-16/h4-10,14H,11-13H2,1-3H3,(H,23,25). The van der Waals surface area contributed by atoms with E-state index < -0.39 is 22.5 Å². The topological polar surface area (TPSA) is 66.5 Å². The highest BCUT2D eigenvalue weighted by Gasteiger charge is 2.29. The number of carbonyl (C=O) groups is 1. The Labute approximate surface area is 176 Å². The van der Waals surface area contributed by atoms with Crippen molar-refractivity contribution in [3.8, 4) is 0 Å². The van der Waals surface area contributed by atoms with Gasteiger partial charge in [-0.2, -0.15) is 0 Å². The molecule has 0 aromatic heterocycles. The Bertz CT molecular complexity index is 929. The average Bonchev–Trinajstić information content (AvgIpc) is 2.62. The number of nitrogens with zero attached hydrogens (tertiary/aromatic N) is 1. The zero-order valence-corrected chi connectivity index (χ0v) is 18.4. The summed E-state index contributed by atoms with van der Waals surface area (Å²) in [6.45, 7) is 6.04. The SMILES string of the molecule is Cc1ccc(S(=O)(=O)N(CC(=O)NCCC(C)C)c2cccc(Cl)c2Cl)cc1. The van der Waals surface area contributed by atoms with E-state index in [2.05, 4.69) is 5.32 Å². The molecule has 2 rings (SSSR count). The highest BCUT2D eigenvalue weighted by molar-refractivity contribution is 7.92. The van der Waals surface area contributed by atoms with Crippen LogP contribution >= 0.6 is 23.2 Å². The Morgan fingerprint density at radius 3 is 2.36 bits per heavy atom. The van der Waals surface area contributed by atoms with Crippen molar-refractivity contribution in [2.75, 3.05) is 17.4 Å². The summed E-state index contributed by atoms with van der Waals surface area (Å²) in [4.78, 5) is 12.5. The Kier molecular flexibility index (Phi) is 7.75. The second-order valence-electron chi connectivity index (χ2n) is 6.93. The summed E-state index contributed by atoms with van der Waals surface area (Å²) < 4.78 is 27.5. The van der Waals surface area contributed by atoms with Gasteiger partial charge in [0.1, 0.15) is 6.54 Å². The van der Waals surface area contributed by atoms with Crippen LogP contribution in [0.25, 0.3) is 0 Å². The van der Waals surface area contributed by atoms with Crippen molar-refractivity contribution in [1.29, 1.82) is 0 Å². The summed E-state index contributed by atoms with van der Waals surface area (Å²) >= 11 is 12.3. The number of aryl methyl sites for hydroxylation is 1. The van der Waals surface area contributed by atoms with Gasteiger partial charge in [0.05, 0.1) is 20.6 Å². The lowest BCUT2D eigenvalue weighted by atomic mass is 10.1. The minimum Gasteiger partial charge on any atom is -0.355 e. The van der Waals surface area contributed by atoms with Gasteiger partial charge in [0.25, 0.3) is 10.0 Å². The summed E-state index contributed by atoms with van der Waals surface area (Å²) in [5, 5.41) is 3.05. The molecule has 152 valence electrons. The molecule has 0 aliphatic heterocycles. The molecule has 1 amide bonds. The fraction of sp³-hybridized carbons (Fsp3) is 0.350. The van der Waals surface area contributed by atoms with Gasteiger partial charge < -0.3 is 5.32 Å². The smallest absolute Gasteiger partial charge is 0.264 e. The van der Waals surface area contributed by atoms with Gasteiger partial charge in [0.15, 0.2) is 0 Å². The molecule has 8 heteroatoms. The molecule has 0 unspecified atom stereocenters. The lowest BCUT2D eigenvalue weighted by Gasteiger charge is -2.25. The summed E-state index contributed by atoms with van der Waals surface area (Å²) in [6, 6.07) is 11.1. The third-order valence-electron chi connectivity index (χ3n) is 4.14. The van der Waals surface area contributed by atoms with Gasteiger partial charge >= 0.3 is 0 Å². The molecule has 0 radical (unpaired) electrons. The first-order chi connectivity index (χ1) is 13.1. The van der Waals surface area contributed by atoms with Crippen molar-refractivity contribution in [3.63, 3.8) is 0 Å². The van der Waals surface area contributed by atoms with Crippen LogP contribution in [0.1, 0.15) is 25.8 Å². The van der Waals surface area contributed by atoms with Crippen LogP contribution in [-0.4, -0.2) is 27.4 Å². The summed E-state index contributed by atoms with van der Waals surface area (Å²) in [5.74, 6) is 0.0162. The molecule has 0 fully saturated rings. The predicted molar refractivity (Wildman–Crippen MR) is 115 cm³/mol. The molecular formula is C20H24Cl2N2O3S. The summed E-state index contributed by atoms with van der Waals surface area (Å²) in [5.41, 5.74) is 1.09. The summed E-state index contributed by atoms with van der Waals surface area (Å²) in [6.07, 6.45) is 0.800. The van der Waals surface area contributed by atoms with Gasteiger partial charge in [-0.05, 0) is 43.5 Å². The molecule has 5 nitrogen and oxygen atoms in total. The third-order valence-corrected chi connectivity index (χ3v) is 6.72. The molecule has 0 heterocycles. The van der Waals surface area contributed by atoms with Crippen molar-refractivity contribution in [2.45, 2.75) is 32.1 Å². The van der Waals surface area contributed by atoms with Crippen molar-refractivity contribution in [1.82, 2.24) is 5.32 Å². The highest BCUT2D eigenvalue weighted by atomic mass is 35.5. The minimum absolute atomic E-state index is 0.0733. The Morgan fingerprint density at radius 2 is 1.75 bits per heavy atom. The van der Waals surface area contributed by atoms with Crippen molar-refractivity contribution >= 4 is 44.8 Å². The van der Waals surface area contributed by atoms with Crippen LogP contribution < -0.4 is 9.62 Å². The van der Waals surface area contributed by atoms with E-state index in [0.717, 1.165) is 16.3 Å². The van der Waals surface area contributed by atoms with Crippen LogP contribution in [0.2, 0.25) is 10.0 Å². The predicted octanol–water partition coefficient (Wildman–Crippen LogP) is 4.66. The molecule has 1 N–H and O–H groups in total. The first-order valence-corrected chi connectivity index (χ1v) is 11.1. The van der Waals surface area contributed by atoms with Crippen LogP contribution in [0.4, 0.5) is 5.69 Å². The first kappa shape index (κ1) is 22.5. The zero-order chi connectivity index (χ0) is 20.9. The largest absolute Gasteiger partial charge is 0.355 e. The number of carbonyl (C=O) groups excluding carboxylic acids is 1. The second kappa shape index (κ2) is 9.63. The van der Waals surface area contributed by atoms with E-state index in [9.17, 15) is 13.2 Å². The number of hydrogen-bond acceptors (Lipinski definition) is 3. The molecule has 0 aliphatic carbocycles. The number of sulfonamides is 1. The van der Waals surface area contributed by atoms with Crippen LogP contribution in [0.15, 0.2) is 47.4 Å². The number of benzene rings is 2. The van der Waals surface area contributed by atoms with E-state index in [4.69, 9.17) is 23.2 Å². The molecule has 2 aromatic rings. The molecule has 2 aromatic carbocycles. The lowest BCUT2D eigenvalue weighted by molar-refractivity contribution is -0.119. The van der Waals surface area contributed by atoms with E-state index in [0.29, 0.717) is 12.5 Å². The molecular weight excluding hydrogens is 419 g/mol. The Balaban J connectivity index is 2.40. The highest BCUT2D eigenvalue weighted by Crippen LogP contribution is 2.35. The van der Waals surface area contributed by atoms with Crippen LogP contribution in [-0.2, 0) is 14.8 Å². The molecule has 0 bridgehead atoms. The Morgan fingerprint density at radius 1 is 1.11 bits per heavy atom. The van der Waals surface area contributed by atoms with Gasteiger partial charge in [0.2, 0.25) is 5.91 Å².